The molecule has 7 heteroatoms. The van der Waals surface area contributed by atoms with Crippen LogP contribution in [0.3, 0.4) is 0 Å². The summed E-state index contributed by atoms with van der Waals surface area (Å²) in [6.07, 6.45) is -1.67. The van der Waals surface area contributed by atoms with Crippen LogP contribution in [0.25, 0.3) is 11.0 Å². The number of hydrogen-bond acceptors (Lipinski definition) is 2. The first-order valence-corrected chi connectivity index (χ1v) is 4.48. The molecule has 86 valence electrons. The van der Waals surface area contributed by atoms with Gasteiger partial charge < -0.3 is 4.98 Å². The fraction of sp³-hybridized carbons (Fsp3) is 0.333. The first-order valence-electron chi connectivity index (χ1n) is 4.48. The Morgan fingerprint density at radius 2 is 2.12 bits per heavy atom. The number of H-pyrrole nitrogens is 1. The molecule has 0 amide bonds. The molecule has 2 aromatic rings. The lowest BCUT2D eigenvalue weighted by molar-refractivity contribution is -0.140. The van der Waals surface area contributed by atoms with E-state index < -0.39 is 18.4 Å². The van der Waals surface area contributed by atoms with Gasteiger partial charge in [-0.05, 0) is 12.5 Å². The molecule has 16 heavy (non-hydrogen) atoms. The molecule has 0 unspecified atom stereocenters. The lowest BCUT2D eigenvalue weighted by Crippen LogP contribution is -2.26. The van der Waals surface area contributed by atoms with Crippen LogP contribution in [0.15, 0.2) is 17.2 Å². The summed E-state index contributed by atoms with van der Waals surface area (Å²) < 4.78 is 37.5. The van der Waals surface area contributed by atoms with E-state index in [9.17, 15) is 18.0 Å². The minimum Gasteiger partial charge on any atom is -0.304 e. The minimum atomic E-state index is -4.42. The van der Waals surface area contributed by atoms with Gasteiger partial charge in [0.25, 0.3) is 0 Å². The summed E-state index contributed by atoms with van der Waals surface area (Å²) in [6, 6.07) is 0. The monoisotopic (exact) mass is 231 g/mol. The number of alkyl halides is 3. The van der Waals surface area contributed by atoms with E-state index in [1.165, 1.54) is 12.4 Å². The first-order chi connectivity index (χ1) is 7.38. The van der Waals surface area contributed by atoms with Crippen LogP contribution in [-0.4, -0.2) is 20.7 Å². The maximum absolute atomic E-state index is 12.3. The maximum atomic E-state index is 12.3. The highest BCUT2D eigenvalue weighted by atomic mass is 19.4. The van der Waals surface area contributed by atoms with Gasteiger partial charge in [0.15, 0.2) is 0 Å². The average Bonchev–Trinajstić information content (AvgIpc) is 2.42. The second-order valence-electron chi connectivity index (χ2n) is 3.48. The van der Waals surface area contributed by atoms with E-state index in [2.05, 4.69) is 9.97 Å². The van der Waals surface area contributed by atoms with Crippen molar-refractivity contribution in [3.8, 4) is 0 Å². The second kappa shape index (κ2) is 3.36. The van der Waals surface area contributed by atoms with Crippen molar-refractivity contribution >= 4 is 11.0 Å². The molecule has 0 aliphatic carbocycles. The molecule has 4 nitrogen and oxygen atoms in total. The third-order valence-electron chi connectivity index (χ3n) is 2.19. The summed E-state index contributed by atoms with van der Waals surface area (Å²) in [5.74, 6) is 0. The zero-order valence-corrected chi connectivity index (χ0v) is 8.30. The zero-order valence-electron chi connectivity index (χ0n) is 8.30. The summed E-state index contributed by atoms with van der Waals surface area (Å²) in [4.78, 5) is 17.5. The van der Waals surface area contributed by atoms with Crippen LogP contribution in [0, 0.1) is 6.92 Å². The summed E-state index contributed by atoms with van der Waals surface area (Å²) in [5.41, 5.74) is 0.315. The van der Waals surface area contributed by atoms with E-state index in [0.717, 1.165) is 0 Å². The van der Waals surface area contributed by atoms with Gasteiger partial charge in [0.2, 0.25) is 0 Å². The molecule has 0 spiro atoms. The summed E-state index contributed by atoms with van der Waals surface area (Å²) in [6.45, 7) is 0.312. The normalized spacial score (nSPS) is 12.2. The molecule has 0 aromatic carbocycles. The highest BCUT2D eigenvalue weighted by Gasteiger charge is 2.30. The number of aromatic nitrogens is 3. The Morgan fingerprint density at radius 1 is 1.44 bits per heavy atom. The van der Waals surface area contributed by atoms with Crippen LogP contribution < -0.4 is 5.69 Å². The Labute approximate surface area is 87.7 Å². The average molecular weight is 231 g/mol. The largest absolute Gasteiger partial charge is 0.406 e. The van der Waals surface area contributed by atoms with Crippen LogP contribution in [0.4, 0.5) is 13.2 Å². The van der Waals surface area contributed by atoms with Crippen LogP contribution >= 0.6 is 0 Å². The molecule has 0 saturated heterocycles. The standard InChI is InChI=1S/C9H8F3N3O/c1-5-2-13-3-6-7(5)15(8(16)14-6)4-9(10,11)12/h2-3H,4H2,1H3,(H,14,16). The Hall–Kier alpha value is -1.79. The van der Waals surface area contributed by atoms with Gasteiger partial charge in [-0.15, -0.1) is 0 Å². The van der Waals surface area contributed by atoms with E-state index in [0.29, 0.717) is 15.6 Å². The summed E-state index contributed by atoms with van der Waals surface area (Å²) in [7, 11) is 0. The van der Waals surface area contributed by atoms with Gasteiger partial charge in [0, 0.05) is 6.20 Å². The number of rotatable bonds is 1. The molecule has 2 aromatic heterocycles. The fourth-order valence-corrected chi connectivity index (χ4v) is 1.62. The van der Waals surface area contributed by atoms with E-state index >= 15 is 0 Å². The molecular weight excluding hydrogens is 223 g/mol. The SMILES string of the molecule is Cc1cncc2[nH]c(=O)n(CC(F)(F)F)c12. The Bertz CT molecular complexity index is 582. The van der Waals surface area contributed by atoms with Crippen molar-refractivity contribution in [2.45, 2.75) is 19.6 Å². The maximum Gasteiger partial charge on any atom is 0.406 e. The molecule has 0 bridgehead atoms. The Kier molecular flexibility index (Phi) is 2.25. The number of nitrogens with one attached hydrogen (secondary N) is 1. The lowest BCUT2D eigenvalue weighted by atomic mass is 10.2. The highest BCUT2D eigenvalue weighted by molar-refractivity contribution is 5.77. The number of pyridine rings is 1. The van der Waals surface area contributed by atoms with Gasteiger partial charge >= 0.3 is 11.9 Å². The molecular formula is C9H8F3N3O. The van der Waals surface area contributed by atoms with Crippen LogP contribution in [0.1, 0.15) is 5.56 Å². The predicted octanol–water partition coefficient (Wildman–Crippen LogP) is 1.60. The van der Waals surface area contributed by atoms with Gasteiger partial charge in [-0.25, -0.2) is 4.79 Å². The number of nitrogens with zero attached hydrogens (tertiary/aromatic N) is 2. The lowest BCUT2D eigenvalue weighted by Gasteiger charge is -2.08. The van der Waals surface area contributed by atoms with Crippen LogP contribution in [0.2, 0.25) is 0 Å². The molecule has 0 radical (unpaired) electrons. The van der Waals surface area contributed by atoms with Crippen molar-refractivity contribution in [2.75, 3.05) is 0 Å². The van der Waals surface area contributed by atoms with Crippen molar-refractivity contribution in [2.24, 2.45) is 0 Å². The molecule has 2 heterocycles. The number of imidazole rings is 1. The van der Waals surface area contributed by atoms with Gasteiger partial charge in [-0.2, -0.15) is 13.2 Å². The first kappa shape index (κ1) is 10.7. The number of fused-ring (bicyclic) bond motifs is 1. The Morgan fingerprint density at radius 3 is 2.75 bits per heavy atom. The van der Waals surface area contributed by atoms with Crippen molar-refractivity contribution in [1.82, 2.24) is 14.5 Å². The van der Waals surface area contributed by atoms with Crippen molar-refractivity contribution < 1.29 is 13.2 Å². The Balaban J connectivity index is 2.69. The van der Waals surface area contributed by atoms with Crippen LogP contribution in [-0.2, 0) is 6.54 Å². The van der Waals surface area contributed by atoms with Crippen molar-refractivity contribution in [3.63, 3.8) is 0 Å². The molecule has 0 fully saturated rings. The van der Waals surface area contributed by atoms with Gasteiger partial charge in [-0.3, -0.25) is 9.55 Å². The molecule has 0 aliphatic heterocycles. The number of aryl methyl sites for hydroxylation is 1. The molecule has 2 rings (SSSR count). The molecule has 0 aliphatic rings. The number of halogens is 3. The van der Waals surface area contributed by atoms with Crippen LogP contribution in [0.5, 0.6) is 0 Å². The fourth-order valence-electron chi connectivity index (χ4n) is 1.62. The smallest absolute Gasteiger partial charge is 0.304 e. The minimum absolute atomic E-state index is 0.248. The third-order valence-corrected chi connectivity index (χ3v) is 2.19. The van der Waals surface area contributed by atoms with E-state index in [1.54, 1.807) is 6.92 Å². The zero-order chi connectivity index (χ0) is 11.9. The van der Waals surface area contributed by atoms with E-state index in [4.69, 9.17) is 0 Å². The van der Waals surface area contributed by atoms with E-state index in [-0.39, 0.29) is 5.52 Å². The third kappa shape index (κ3) is 1.80. The second-order valence-corrected chi connectivity index (χ2v) is 3.48. The van der Waals surface area contributed by atoms with E-state index in [1.807, 2.05) is 0 Å². The number of aromatic amines is 1. The van der Waals surface area contributed by atoms with Crippen molar-refractivity contribution in [3.05, 3.63) is 28.4 Å². The summed E-state index contributed by atoms with van der Waals surface area (Å²) in [5, 5.41) is 0. The van der Waals surface area contributed by atoms with Gasteiger partial charge in [-0.1, -0.05) is 0 Å². The molecule has 0 saturated carbocycles. The molecule has 0 atom stereocenters. The topological polar surface area (TPSA) is 50.7 Å². The highest BCUT2D eigenvalue weighted by Crippen LogP contribution is 2.20. The quantitative estimate of drug-likeness (QED) is 0.810. The summed E-state index contributed by atoms with van der Waals surface area (Å²) >= 11 is 0. The number of hydrogen-bond donors (Lipinski definition) is 1. The predicted molar refractivity (Wildman–Crippen MR) is 51.1 cm³/mol. The molecule has 1 N–H and O–H groups in total. The van der Waals surface area contributed by atoms with Gasteiger partial charge in [0.1, 0.15) is 6.54 Å². The van der Waals surface area contributed by atoms with Gasteiger partial charge in [0.05, 0.1) is 17.2 Å². The van der Waals surface area contributed by atoms with Crippen molar-refractivity contribution in [1.29, 1.82) is 0 Å².